The van der Waals surface area contributed by atoms with Gasteiger partial charge in [-0.2, -0.15) is 5.10 Å². The SMILES string of the molecule is CCCCc1ccc(NC2=Nc3ccccc3N3C2=N[C@H]2[C@H](C(C)=NN2c2ccccc2)[C@@H]3c2ccc(Br)o2)cc1. The van der Waals surface area contributed by atoms with Crippen molar-refractivity contribution in [3.05, 3.63) is 107 Å². The number of fused-ring (bicyclic) bond motifs is 4. The Hall–Kier alpha value is -4.17. The second-order valence-electron chi connectivity index (χ2n) is 10.6. The number of nitrogens with zero attached hydrogens (tertiary/aromatic N) is 5. The molecule has 0 spiro atoms. The molecule has 1 N–H and O–H groups in total. The van der Waals surface area contributed by atoms with Gasteiger partial charge in [-0.1, -0.05) is 55.8 Å². The zero-order valence-electron chi connectivity index (χ0n) is 23.0. The van der Waals surface area contributed by atoms with Crippen LogP contribution in [0.25, 0.3) is 0 Å². The Morgan fingerprint density at radius 1 is 0.927 bits per heavy atom. The van der Waals surface area contributed by atoms with E-state index in [9.17, 15) is 0 Å². The molecule has 41 heavy (non-hydrogen) atoms. The molecule has 7 rings (SSSR count). The van der Waals surface area contributed by atoms with Crippen molar-refractivity contribution in [2.75, 3.05) is 15.2 Å². The summed E-state index contributed by atoms with van der Waals surface area (Å²) in [6.45, 7) is 4.32. The summed E-state index contributed by atoms with van der Waals surface area (Å²) in [5, 5.41) is 10.7. The molecule has 1 aromatic heterocycles. The van der Waals surface area contributed by atoms with Gasteiger partial charge in [0.1, 0.15) is 11.8 Å². The first-order chi connectivity index (χ1) is 20.1. The van der Waals surface area contributed by atoms with Gasteiger partial charge in [0.15, 0.2) is 22.5 Å². The first-order valence-electron chi connectivity index (χ1n) is 14.2. The average molecular weight is 608 g/mol. The third-order valence-corrected chi connectivity index (χ3v) is 8.37. The third kappa shape index (κ3) is 4.66. The van der Waals surface area contributed by atoms with Gasteiger partial charge < -0.3 is 14.6 Å². The monoisotopic (exact) mass is 606 g/mol. The minimum absolute atomic E-state index is 0.0396. The van der Waals surface area contributed by atoms with Crippen LogP contribution >= 0.6 is 15.9 Å². The van der Waals surface area contributed by atoms with Gasteiger partial charge in [0, 0.05) is 11.4 Å². The number of amidine groups is 2. The number of hydrogen-bond acceptors (Lipinski definition) is 7. The first-order valence-corrected chi connectivity index (χ1v) is 15.0. The molecule has 3 aromatic carbocycles. The predicted octanol–water partition coefficient (Wildman–Crippen LogP) is 8.34. The van der Waals surface area contributed by atoms with E-state index in [0.717, 1.165) is 46.5 Å². The molecule has 3 atom stereocenters. The summed E-state index contributed by atoms with van der Waals surface area (Å²) in [6.07, 6.45) is 3.20. The van der Waals surface area contributed by atoms with Crippen LogP contribution in [0.3, 0.4) is 0 Å². The summed E-state index contributed by atoms with van der Waals surface area (Å²) in [5.74, 6) is 2.28. The topological polar surface area (TPSA) is 68.7 Å². The van der Waals surface area contributed by atoms with Crippen LogP contribution in [0.5, 0.6) is 0 Å². The van der Waals surface area contributed by atoms with E-state index >= 15 is 0 Å². The van der Waals surface area contributed by atoms with Crippen LogP contribution in [0, 0.1) is 5.92 Å². The van der Waals surface area contributed by atoms with Gasteiger partial charge in [-0.25, -0.2) is 15.0 Å². The summed E-state index contributed by atoms with van der Waals surface area (Å²) >= 11 is 3.54. The maximum Gasteiger partial charge on any atom is 0.174 e. The molecule has 4 heterocycles. The number of hydrogen-bond donors (Lipinski definition) is 1. The third-order valence-electron chi connectivity index (χ3n) is 7.95. The molecular weight excluding hydrogens is 576 g/mol. The number of benzene rings is 3. The van der Waals surface area contributed by atoms with Gasteiger partial charge in [0.05, 0.1) is 23.0 Å². The van der Waals surface area contributed by atoms with Crippen LogP contribution in [0.4, 0.5) is 22.7 Å². The van der Waals surface area contributed by atoms with E-state index in [0.29, 0.717) is 10.5 Å². The number of nitrogens with one attached hydrogen (secondary N) is 1. The fraction of sp³-hybridized carbons (Fsp3) is 0.242. The van der Waals surface area contributed by atoms with Crippen molar-refractivity contribution >= 4 is 56.1 Å². The molecule has 0 unspecified atom stereocenters. The highest BCUT2D eigenvalue weighted by Gasteiger charge is 2.51. The number of rotatable bonds is 6. The molecular formula is C33H31BrN6O. The lowest BCUT2D eigenvalue weighted by molar-refractivity contribution is 0.371. The molecule has 3 aliphatic rings. The van der Waals surface area contributed by atoms with Crippen molar-refractivity contribution in [3.63, 3.8) is 0 Å². The number of furan rings is 1. The number of halogens is 1. The van der Waals surface area contributed by atoms with Crippen molar-refractivity contribution in [2.45, 2.75) is 45.3 Å². The molecule has 0 fully saturated rings. The number of aliphatic imine (C=N–C) groups is 2. The molecule has 0 radical (unpaired) electrons. The molecule has 0 bridgehead atoms. The molecule has 0 saturated carbocycles. The van der Waals surface area contributed by atoms with Crippen molar-refractivity contribution in [1.29, 1.82) is 0 Å². The Morgan fingerprint density at radius 3 is 2.46 bits per heavy atom. The number of aryl methyl sites for hydroxylation is 1. The van der Waals surface area contributed by atoms with Crippen LogP contribution in [-0.2, 0) is 6.42 Å². The lowest BCUT2D eigenvalue weighted by atomic mass is 9.86. The van der Waals surface area contributed by atoms with Gasteiger partial charge >= 0.3 is 0 Å². The highest BCUT2D eigenvalue weighted by atomic mass is 79.9. The lowest BCUT2D eigenvalue weighted by Crippen LogP contribution is -2.54. The first kappa shape index (κ1) is 25.8. The average Bonchev–Trinajstić information content (AvgIpc) is 3.59. The largest absolute Gasteiger partial charge is 0.452 e. The van der Waals surface area contributed by atoms with Crippen LogP contribution < -0.4 is 15.2 Å². The number of para-hydroxylation sites is 3. The minimum atomic E-state index is -0.258. The van der Waals surface area contributed by atoms with Crippen molar-refractivity contribution in [3.8, 4) is 0 Å². The van der Waals surface area contributed by atoms with E-state index in [1.165, 1.54) is 18.4 Å². The standard InChI is InChI=1S/C33H31BrN6O/c1-3-4-10-22-15-17-23(18-16-22)35-31-33-37-32-29(21(2)38-40(32)24-11-6-5-7-12-24)30(27-19-20-28(34)41-27)39(33)26-14-9-8-13-25(26)36-31/h5-9,11-20,29-30,32H,3-4,10H2,1-2H3,(H,35,36)/t29-,30+,32-/m1/s1. The normalized spacial score (nSPS) is 21.0. The van der Waals surface area contributed by atoms with E-state index in [4.69, 9.17) is 19.5 Å². The molecule has 3 aliphatic heterocycles. The van der Waals surface area contributed by atoms with Crippen molar-refractivity contribution in [2.24, 2.45) is 21.0 Å². The second kappa shape index (κ2) is 10.7. The Labute approximate surface area is 248 Å². The van der Waals surface area contributed by atoms with Crippen LogP contribution in [0.1, 0.15) is 44.1 Å². The molecule has 0 aliphatic carbocycles. The minimum Gasteiger partial charge on any atom is -0.452 e. The highest BCUT2D eigenvalue weighted by Crippen LogP contribution is 2.49. The van der Waals surface area contributed by atoms with E-state index in [-0.39, 0.29) is 18.1 Å². The van der Waals surface area contributed by atoms with Gasteiger partial charge in [0.25, 0.3) is 0 Å². The van der Waals surface area contributed by atoms with E-state index in [2.05, 4.69) is 88.5 Å². The Morgan fingerprint density at radius 2 is 1.71 bits per heavy atom. The lowest BCUT2D eigenvalue weighted by Gasteiger charge is -2.45. The van der Waals surface area contributed by atoms with Crippen LogP contribution in [-0.4, -0.2) is 23.5 Å². The van der Waals surface area contributed by atoms with Gasteiger partial charge in [-0.05, 0) is 89.8 Å². The fourth-order valence-corrected chi connectivity index (χ4v) is 6.30. The molecule has 8 heteroatoms. The molecule has 206 valence electrons. The Bertz CT molecular complexity index is 1660. The van der Waals surface area contributed by atoms with Gasteiger partial charge in [-0.3, -0.25) is 0 Å². The zero-order chi connectivity index (χ0) is 27.9. The Kier molecular flexibility index (Phi) is 6.71. The van der Waals surface area contributed by atoms with Crippen LogP contribution in [0.2, 0.25) is 0 Å². The summed E-state index contributed by atoms with van der Waals surface area (Å²) in [4.78, 5) is 12.8. The predicted molar refractivity (Wildman–Crippen MR) is 171 cm³/mol. The van der Waals surface area contributed by atoms with Crippen molar-refractivity contribution in [1.82, 2.24) is 0 Å². The molecule has 7 nitrogen and oxygen atoms in total. The van der Waals surface area contributed by atoms with E-state index in [1.807, 2.05) is 47.5 Å². The number of anilines is 3. The summed E-state index contributed by atoms with van der Waals surface area (Å²) < 4.78 is 6.97. The van der Waals surface area contributed by atoms with E-state index < -0.39 is 0 Å². The maximum atomic E-state index is 6.27. The molecule has 4 aromatic rings. The number of unbranched alkanes of at least 4 members (excludes halogenated alkanes) is 1. The zero-order valence-corrected chi connectivity index (χ0v) is 24.6. The van der Waals surface area contributed by atoms with E-state index in [1.54, 1.807) is 0 Å². The summed E-state index contributed by atoms with van der Waals surface area (Å²) in [6, 6.07) is 30.9. The van der Waals surface area contributed by atoms with Crippen LogP contribution in [0.15, 0.2) is 115 Å². The maximum absolute atomic E-state index is 6.27. The Balaban J connectivity index is 1.36. The summed E-state index contributed by atoms with van der Waals surface area (Å²) in [5.41, 5.74) is 6.21. The van der Waals surface area contributed by atoms with Gasteiger partial charge in [0.2, 0.25) is 0 Å². The van der Waals surface area contributed by atoms with Gasteiger partial charge in [-0.15, -0.1) is 0 Å². The second-order valence-corrected chi connectivity index (χ2v) is 11.4. The van der Waals surface area contributed by atoms with Crippen molar-refractivity contribution < 1.29 is 4.42 Å². The quantitative estimate of drug-likeness (QED) is 0.239. The fourth-order valence-electron chi connectivity index (χ4n) is 5.98. The highest BCUT2D eigenvalue weighted by molar-refractivity contribution is 9.10. The molecule has 0 amide bonds. The molecule has 0 saturated heterocycles. The number of hydrazone groups is 1. The smallest absolute Gasteiger partial charge is 0.174 e. The summed E-state index contributed by atoms with van der Waals surface area (Å²) in [7, 11) is 0.